The Morgan fingerprint density at radius 1 is 1.47 bits per heavy atom. The Labute approximate surface area is 107 Å². The Morgan fingerprint density at radius 3 is 2.88 bits per heavy atom. The van der Waals surface area contributed by atoms with Crippen LogP contribution in [-0.2, 0) is 6.42 Å². The second kappa shape index (κ2) is 5.31. The molecule has 1 aliphatic heterocycles. The minimum Gasteiger partial charge on any atom is -0.506 e. The summed E-state index contributed by atoms with van der Waals surface area (Å²) in [7, 11) is 0. The third kappa shape index (κ3) is 2.77. The summed E-state index contributed by atoms with van der Waals surface area (Å²) in [6, 6.07) is 0.952. The fourth-order valence-corrected chi connectivity index (χ4v) is 2.65. The number of benzene rings is 1. The predicted molar refractivity (Wildman–Crippen MR) is 65.0 cm³/mol. The normalized spacial score (nSPS) is 20.5. The highest BCUT2D eigenvalue weighted by atomic mass is 79.9. The summed E-state index contributed by atoms with van der Waals surface area (Å²) < 4.78 is 27.1. The molecule has 94 valence electrons. The van der Waals surface area contributed by atoms with E-state index in [9.17, 15) is 13.9 Å². The summed E-state index contributed by atoms with van der Waals surface area (Å²) >= 11 is 3.02. The third-order valence-electron chi connectivity index (χ3n) is 3.13. The van der Waals surface area contributed by atoms with E-state index in [-0.39, 0.29) is 21.7 Å². The molecule has 0 aliphatic carbocycles. The maximum Gasteiger partial charge on any atom is 0.165 e. The summed E-state index contributed by atoms with van der Waals surface area (Å²) in [5.41, 5.74) is 0.0746. The summed E-state index contributed by atoms with van der Waals surface area (Å²) in [6.45, 7) is 1.75. The van der Waals surface area contributed by atoms with E-state index in [1.165, 1.54) is 0 Å². The average molecular weight is 306 g/mol. The van der Waals surface area contributed by atoms with Crippen molar-refractivity contribution >= 4 is 15.9 Å². The van der Waals surface area contributed by atoms with E-state index in [4.69, 9.17) is 0 Å². The van der Waals surface area contributed by atoms with Crippen molar-refractivity contribution in [3.63, 3.8) is 0 Å². The fourth-order valence-electron chi connectivity index (χ4n) is 2.21. The molecule has 1 unspecified atom stereocenters. The summed E-state index contributed by atoms with van der Waals surface area (Å²) in [5.74, 6) is -1.79. The third-order valence-corrected chi connectivity index (χ3v) is 3.74. The van der Waals surface area contributed by atoms with Gasteiger partial charge in [-0.25, -0.2) is 8.78 Å². The fraction of sp³-hybridized carbons (Fsp3) is 0.500. The van der Waals surface area contributed by atoms with Gasteiger partial charge in [-0.1, -0.05) is 0 Å². The van der Waals surface area contributed by atoms with Gasteiger partial charge in [-0.3, -0.25) is 0 Å². The Balaban J connectivity index is 2.24. The van der Waals surface area contributed by atoms with Gasteiger partial charge in [0.2, 0.25) is 0 Å². The molecule has 0 saturated carbocycles. The van der Waals surface area contributed by atoms with E-state index in [1.54, 1.807) is 0 Å². The van der Waals surface area contributed by atoms with Crippen molar-refractivity contribution in [2.45, 2.75) is 19.3 Å². The molecule has 1 fully saturated rings. The molecule has 1 aromatic carbocycles. The number of halogens is 3. The van der Waals surface area contributed by atoms with Gasteiger partial charge in [0, 0.05) is 5.56 Å². The summed E-state index contributed by atoms with van der Waals surface area (Å²) in [5, 5.41) is 13.0. The number of rotatable bonds is 2. The van der Waals surface area contributed by atoms with Gasteiger partial charge in [0.25, 0.3) is 0 Å². The molecule has 5 heteroatoms. The van der Waals surface area contributed by atoms with Gasteiger partial charge >= 0.3 is 0 Å². The number of hydrogen-bond donors (Lipinski definition) is 2. The van der Waals surface area contributed by atoms with Crippen molar-refractivity contribution in [1.29, 1.82) is 0 Å². The summed E-state index contributed by atoms with van der Waals surface area (Å²) in [4.78, 5) is 0. The molecule has 1 aliphatic rings. The first-order valence-corrected chi connectivity index (χ1v) is 6.45. The van der Waals surface area contributed by atoms with E-state index in [0.717, 1.165) is 32.0 Å². The molecule has 1 heterocycles. The van der Waals surface area contributed by atoms with Crippen molar-refractivity contribution in [2.24, 2.45) is 5.92 Å². The quantitative estimate of drug-likeness (QED) is 0.823. The Bertz CT molecular complexity index is 393. The van der Waals surface area contributed by atoms with Crippen molar-refractivity contribution in [2.75, 3.05) is 13.1 Å². The molecular formula is C12H14BrF2NO. The van der Waals surface area contributed by atoms with Gasteiger partial charge in [-0.05, 0) is 60.3 Å². The second-order valence-corrected chi connectivity index (χ2v) is 5.25. The van der Waals surface area contributed by atoms with E-state index >= 15 is 0 Å². The van der Waals surface area contributed by atoms with Gasteiger partial charge in [0.05, 0.1) is 4.47 Å². The largest absolute Gasteiger partial charge is 0.506 e. The molecule has 0 spiro atoms. The SMILES string of the molecule is Oc1c(Br)cc(F)c(F)c1CC1CCCNC1. The topological polar surface area (TPSA) is 32.3 Å². The molecule has 17 heavy (non-hydrogen) atoms. The zero-order valence-corrected chi connectivity index (χ0v) is 10.9. The molecule has 0 amide bonds. The maximum atomic E-state index is 13.6. The van der Waals surface area contributed by atoms with E-state index in [0.29, 0.717) is 6.42 Å². The van der Waals surface area contributed by atoms with Gasteiger partial charge in [-0.2, -0.15) is 0 Å². The van der Waals surface area contributed by atoms with Gasteiger partial charge < -0.3 is 10.4 Å². The standard InChI is InChI=1S/C12H14BrF2NO/c13-9-5-10(14)11(15)8(12(9)17)4-7-2-1-3-16-6-7/h5,7,16-17H,1-4,6H2. The van der Waals surface area contributed by atoms with E-state index in [1.807, 2.05) is 0 Å². The summed E-state index contributed by atoms with van der Waals surface area (Å²) in [6.07, 6.45) is 2.37. The molecule has 2 N–H and O–H groups in total. The highest BCUT2D eigenvalue weighted by Crippen LogP contribution is 2.34. The molecule has 1 saturated heterocycles. The van der Waals surface area contributed by atoms with Crippen LogP contribution in [0.25, 0.3) is 0 Å². The van der Waals surface area contributed by atoms with Crippen LogP contribution in [0.1, 0.15) is 18.4 Å². The minimum atomic E-state index is -0.934. The number of aromatic hydroxyl groups is 1. The average Bonchev–Trinajstić information content (AvgIpc) is 2.33. The van der Waals surface area contributed by atoms with E-state index in [2.05, 4.69) is 21.2 Å². The van der Waals surface area contributed by atoms with Crippen LogP contribution >= 0.6 is 15.9 Å². The first-order chi connectivity index (χ1) is 8.09. The minimum absolute atomic E-state index is 0.0746. The number of phenols is 1. The van der Waals surface area contributed by atoms with Gasteiger partial charge in [-0.15, -0.1) is 0 Å². The zero-order chi connectivity index (χ0) is 12.4. The Kier molecular flexibility index (Phi) is 3.99. The first-order valence-electron chi connectivity index (χ1n) is 5.65. The monoisotopic (exact) mass is 305 g/mol. The maximum absolute atomic E-state index is 13.6. The zero-order valence-electron chi connectivity index (χ0n) is 9.27. The van der Waals surface area contributed by atoms with Crippen LogP contribution in [0, 0.1) is 17.6 Å². The van der Waals surface area contributed by atoms with Crippen LogP contribution in [0.3, 0.4) is 0 Å². The smallest absolute Gasteiger partial charge is 0.165 e. The van der Waals surface area contributed by atoms with Gasteiger partial charge in [0.15, 0.2) is 11.6 Å². The number of hydrogen-bond acceptors (Lipinski definition) is 2. The highest BCUT2D eigenvalue weighted by molar-refractivity contribution is 9.10. The first kappa shape index (κ1) is 12.8. The van der Waals surface area contributed by atoms with Crippen LogP contribution in [0.2, 0.25) is 0 Å². The molecule has 0 radical (unpaired) electrons. The second-order valence-electron chi connectivity index (χ2n) is 4.40. The predicted octanol–water partition coefficient (Wildman–Crippen LogP) is 2.98. The Morgan fingerprint density at radius 2 is 2.24 bits per heavy atom. The molecule has 1 atom stereocenters. The van der Waals surface area contributed by atoms with E-state index < -0.39 is 11.6 Å². The van der Waals surface area contributed by atoms with Crippen molar-refractivity contribution < 1.29 is 13.9 Å². The lowest BCUT2D eigenvalue weighted by molar-refractivity contribution is 0.359. The number of nitrogens with one attached hydrogen (secondary N) is 1. The molecular weight excluding hydrogens is 292 g/mol. The Hall–Kier alpha value is -0.680. The molecule has 2 rings (SSSR count). The number of phenolic OH excluding ortho intramolecular Hbond substituents is 1. The van der Waals surface area contributed by atoms with Crippen LogP contribution < -0.4 is 5.32 Å². The lowest BCUT2D eigenvalue weighted by Crippen LogP contribution is -2.31. The van der Waals surface area contributed by atoms with Crippen LogP contribution in [0.15, 0.2) is 10.5 Å². The lowest BCUT2D eigenvalue weighted by Gasteiger charge is -2.23. The molecule has 0 aromatic heterocycles. The molecule has 1 aromatic rings. The van der Waals surface area contributed by atoms with Gasteiger partial charge in [0.1, 0.15) is 5.75 Å². The van der Waals surface area contributed by atoms with Crippen molar-refractivity contribution in [3.8, 4) is 5.75 Å². The highest BCUT2D eigenvalue weighted by Gasteiger charge is 2.21. The van der Waals surface area contributed by atoms with Crippen molar-refractivity contribution in [3.05, 3.63) is 27.7 Å². The molecule has 0 bridgehead atoms. The molecule has 2 nitrogen and oxygen atoms in total. The number of piperidine rings is 1. The van der Waals surface area contributed by atoms with Crippen LogP contribution in [0.4, 0.5) is 8.78 Å². The van der Waals surface area contributed by atoms with Crippen molar-refractivity contribution in [1.82, 2.24) is 5.32 Å². The van der Waals surface area contributed by atoms with Crippen LogP contribution in [-0.4, -0.2) is 18.2 Å². The van der Waals surface area contributed by atoms with Crippen LogP contribution in [0.5, 0.6) is 5.75 Å². The lowest BCUT2D eigenvalue weighted by atomic mass is 9.91.